The number of ether oxygens (including phenoxy) is 1. The van der Waals surface area contributed by atoms with Crippen LogP contribution < -0.4 is 15.4 Å². The Labute approximate surface area is 193 Å². The first kappa shape index (κ1) is 23.0. The Bertz CT molecular complexity index is 1100. The second-order valence-electron chi connectivity index (χ2n) is 6.99. The molecule has 6 heteroatoms. The number of para-hydroxylation sites is 1. The highest BCUT2D eigenvalue weighted by Crippen LogP contribution is 2.28. The van der Waals surface area contributed by atoms with E-state index in [9.17, 15) is 10.1 Å². The van der Waals surface area contributed by atoms with E-state index in [0.29, 0.717) is 23.1 Å². The van der Waals surface area contributed by atoms with Gasteiger partial charge in [-0.25, -0.2) is 0 Å². The smallest absolute Gasteiger partial charge is 0.269 e. The molecule has 0 fully saturated rings. The quantitative estimate of drug-likeness (QED) is 0.308. The summed E-state index contributed by atoms with van der Waals surface area (Å²) in [6.45, 7) is 4.55. The molecule has 0 aromatic heterocycles. The van der Waals surface area contributed by atoms with E-state index in [-0.39, 0.29) is 5.57 Å². The minimum Gasteiger partial charge on any atom is -0.494 e. The summed E-state index contributed by atoms with van der Waals surface area (Å²) in [4.78, 5) is 12.9. The first-order valence-corrected chi connectivity index (χ1v) is 11.3. The van der Waals surface area contributed by atoms with Gasteiger partial charge in [0, 0.05) is 17.1 Å². The topological polar surface area (TPSA) is 74.1 Å². The average molecular weight is 444 g/mol. The number of carbonyl (C=O) groups excluding carboxylic acids is 1. The number of carbonyl (C=O) groups is 1. The molecule has 0 unspecified atom stereocenters. The van der Waals surface area contributed by atoms with Gasteiger partial charge in [-0.05, 0) is 55.8 Å². The Balaban J connectivity index is 1.86. The molecular formula is C26H25N3O2S. The predicted molar refractivity (Wildman–Crippen MR) is 131 cm³/mol. The Morgan fingerprint density at radius 2 is 1.59 bits per heavy atom. The molecule has 0 aliphatic heterocycles. The Morgan fingerprint density at radius 3 is 2.22 bits per heavy atom. The van der Waals surface area contributed by atoms with Gasteiger partial charge in [-0.3, -0.25) is 4.79 Å². The number of anilines is 2. The van der Waals surface area contributed by atoms with Crippen molar-refractivity contribution in [1.29, 1.82) is 5.26 Å². The zero-order chi connectivity index (χ0) is 22.8. The van der Waals surface area contributed by atoms with Gasteiger partial charge < -0.3 is 15.4 Å². The van der Waals surface area contributed by atoms with Gasteiger partial charge in [0.2, 0.25) is 0 Å². The van der Waals surface area contributed by atoms with Crippen LogP contribution in [-0.4, -0.2) is 12.5 Å². The maximum atomic E-state index is 12.9. The molecule has 0 radical (unpaired) electrons. The van der Waals surface area contributed by atoms with E-state index in [0.717, 1.165) is 17.0 Å². The van der Waals surface area contributed by atoms with Gasteiger partial charge in [-0.15, -0.1) is 11.8 Å². The fraction of sp³-hybridized carbons (Fsp3) is 0.154. The molecule has 3 aromatic rings. The molecule has 0 heterocycles. The number of hydrogen-bond acceptors (Lipinski definition) is 5. The average Bonchev–Trinajstić information content (AvgIpc) is 2.81. The van der Waals surface area contributed by atoms with Crippen molar-refractivity contribution < 1.29 is 9.53 Å². The maximum Gasteiger partial charge on any atom is 0.269 e. The number of hydrogen-bond donors (Lipinski definition) is 2. The largest absolute Gasteiger partial charge is 0.494 e. The number of thioether (sulfide) groups is 1. The third-order valence-corrected chi connectivity index (χ3v) is 5.60. The Kier molecular flexibility index (Phi) is 8.36. The lowest BCUT2D eigenvalue weighted by Gasteiger charge is -2.14. The molecule has 0 bridgehead atoms. The zero-order valence-electron chi connectivity index (χ0n) is 18.1. The number of nitrogens with zero attached hydrogens (tertiary/aromatic N) is 1. The highest BCUT2D eigenvalue weighted by atomic mass is 32.2. The summed E-state index contributed by atoms with van der Waals surface area (Å²) in [5.74, 6) is 0.922. The first-order chi connectivity index (χ1) is 15.6. The van der Waals surface area contributed by atoms with E-state index in [2.05, 4.69) is 16.7 Å². The van der Waals surface area contributed by atoms with E-state index in [1.807, 2.05) is 80.6 Å². The monoisotopic (exact) mass is 443 g/mol. The SMILES string of the molecule is CCOc1ccc(N/C(SCc2ccc(C)cc2)=C(/C#N)C(=O)Nc2ccccc2)cc1. The van der Waals surface area contributed by atoms with Crippen molar-refractivity contribution in [3.63, 3.8) is 0 Å². The van der Waals surface area contributed by atoms with Crippen molar-refractivity contribution in [3.05, 3.63) is 101 Å². The molecule has 32 heavy (non-hydrogen) atoms. The van der Waals surface area contributed by atoms with Gasteiger partial charge >= 0.3 is 0 Å². The minimum atomic E-state index is -0.455. The van der Waals surface area contributed by atoms with Crippen LogP contribution >= 0.6 is 11.8 Å². The van der Waals surface area contributed by atoms with Gasteiger partial charge in [-0.2, -0.15) is 5.26 Å². The third kappa shape index (κ3) is 6.66. The fourth-order valence-corrected chi connectivity index (χ4v) is 3.84. The molecule has 3 aromatic carbocycles. The third-order valence-electron chi connectivity index (χ3n) is 4.52. The Morgan fingerprint density at radius 1 is 0.938 bits per heavy atom. The number of nitriles is 1. The summed E-state index contributed by atoms with van der Waals surface area (Å²) in [6, 6.07) is 26.8. The summed E-state index contributed by atoms with van der Waals surface area (Å²) in [5, 5.41) is 16.4. The second kappa shape index (κ2) is 11.6. The molecule has 0 saturated heterocycles. The van der Waals surface area contributed by atoms with Crippen LogP contribution in [-0.2, 0) is 10.5 Å². The van der Waals surface area contributed by atoms with Crippen LogP contribution in [0.3, 0.4) is 0 Å². The molecular weight excluding hydrogens is 418 g/mol. The molecule has 3 rings (SSSR count). The van der Waals surface area contributed by atoms with E-state index >= 15 is 0 Å². The molecule has 0 saturated carbocycles. The van der Waals surface area contributed by atoms with E-state index in [1.165, 1.54) is 17.3 Å². The van der Waals surface area contributed by atoms with E-state index in [1.54, 1.807) is 12.1 Å². The highest BCUT2D eigenvalue weighted by Gasteiger charge is 2.17. The molecule has 2 N–H and O–H groups in total. The first-order valence-electron chi connectivity index (χ1n) is 10.3. The lowest BCUT2D eigenvalue weighted by molar-refractivity contribution is -0.112. The summed E-state index contributed by atoms with van der Waals surface area (Å²) < 4.78 is 5.49. The van der Waals surface area contributed by atoms with Crippen molar-refractivity contribution in [3.8, 4) is 11.8 Å². The van der Waals surface area contributed by atoms with Gasteiger partial charge in [-0.1, -0.05) is 48.0 Å². The lowest BCUT2D eigenvalue weighted by Crippen LogP contribution is -2.17. The lowest BCUT2D eigenvalue weighted by atomic mass is 10.2. The predicted octanol–water partition coefficient (Wildman–Crippen LogP) is 6.11. The van der Waals surface area contributed by atoms with Gasteiger partial charge in [0.15, 0.2) is 0 Å². The zero-order valence-corrected chi connectivity index (χ0v) is 18.9. The normalized spacial score (nSPS) is 11.2. The number of benzene rings is 3. The van der Waals surface area contributed by atoms with Crippen LogP contribution in [0, 0.1) is 18.3 Å². The molecule has 0 atom stereocenters. The summed E-state index contributed by atoms with van der Waals surface area (Å²) in [5.41, 5.74) is 3.71. The molecule has 162 valence electrons. The van der Waals surface area contributed by atoms with Crippen molar-refractivity contribution in [2.75, 3.05) is 17.2 Å². The minimum absolute atomic E-state index is 0.0276. The van der Waals surface area contributed by atoms with Crippen molar-refractivity contribution in [1.82, 2.24) is 0 Å². The van der Waals surface area contributed by atoms with Crippen LogP contribution in [0.4, 0.5) is 11.4 Å². The molecule has 5 nitrogen and oxygen atoms in total. The van der Waals surface area contributed by atoms with Crippen LogP contribution in [0.25, 0.3) is 0 Å². The van der Waals surface area contributed by atoms with Gasteiger partial charge in [0.1, 0.15) is 17.4 Å². The summed E-state index contributed by atoms with van der Waals surface area (Å²) >= 11 is 1.42. The van der Waals surface area contributed by atoms with Crippen molar-refractivity contribution >= 4 is 29.0 Å². The van der Waals surface area contributed by atoms with Crippen LogP contribution in [0.5, 0.6) is 5.75 Å². The van der Waals surface area contributed by atoms with Crippen LogP contribution in [0.15, 0.2) is 89.5 Å². The Hall–Kier alpha value is -3.69. The number of nitrogens with one attached hydrogen (secondary N) is 2. The number of amides is 1. The fourth-order valence-electron chi connectivity index (χ4n) is 2.86. The van der Waals surface area contributed by atoms with Crippen molar-refractivity contribution in [2.24, 2.45) is 0 Å². The molecule has 1 amide bonds. The van der Waals surface area contributed by atoms with E-state index in [4.69, 9.17) is 4.74 Å². The van der Waals surface area contributed by atoms with Crippen LogP contribution in [0.2, 0.25) is 0 Å². The standard InChI is InChI=1S/C26H25N3O2S/c1-3-31-23-15-13-22(14-16-23)29-26(32-18-20-11-9-19(2)10-12-20)24(17-27)25(30)28-21-7-5-4-6-8-21/h4-16,29H,3,18H2,1-2H3,(H,28,30)/b26-24+. The highest BCUT2D eigenvalue weighted by molar-refractivity contribution is 8.02. The summed E-state index contributed by atoms with van der Waals surface area (Å²) in [6.07, 6.45) is 0. The van der Waals surface area contributed by atoms with E-state index < -0.39 is 5.91 Å². The number of rotatable bonds is 9. The second-order valence-corrected chi connectivity index (χ2v) is 7.98. The van der Waals surface area contributed by atoms with Gasteiger partial charge in [0.25, 0.3) is 5.91 Å². The molecule has 0 spiro atoms. The number of aryl methyl sites for hydroxylation is 1. The van der Waals surface area contributed by atoms with Crippen molar-refractivity contribution in [2.45, 2.75) is 19.6 Å². The maximum absolute atomic E-state index is 12.9. The molecule has 0 aliphatic rings. The summed E-state index contributed by atoms with van der Waals surface area (Å²) in [7, 11) is 0. The van der Waals surface area contributed by atoms with Gasteiger partial charge in [0.05, 0.1) is 11.6 Å². The molecule has 0 aliphatic carbocycles. The van der Waals surface area contributed by atoms with Crippen LogP contribution in [0.1, 0.15) is 18.1 Å².